The van der Waals surface area contributed by atoms with Crippen molar-refractivity contribution in [3.8, 4) is 0 Å². The van der Waals surface area contributed by atoms with Crippen LogP contribution in [-0.2, 0) is 19.1 Å². The van der Waals surface area contributed by atoms with Gasteiger partial charge in [0.15, 0.2) is 0 Å². The molecule has 14 heavy (non-hydrogen) atoms. The van der Waals surface area contributed by atoms with E-state index in [9.17, 15) is 14.4 Å². The maximum Gasteiger partial charge on any atom is 0.328 e. The summed E-state index contributed by atoms with van der Waals surface area (Å²) in [6.07, 6.45) is 1.65. The van der Waals surface area contributed by atoms with Crippen LogP contribution < -0.4 is 5.32 Å². The summed E-state index contributed by atoms with van der Waals surface area (Å²) in [5.74, 6) is -2.20. The van der Waals surface area contributed by atoms with E-state index in [0.29, 0.717) is 6.08 Å². The summed E-state index contributed by atoms with van der Waals surface area (Å²) in [6.45, 7) is 0.121. The Morgan fingerprint density at radius 1 is 1.36 bits per heavy atom. The number of carbonyl (C=O) groups is 3. The smallest absolute Gasteiger partial charge is 0.328 e. The van der Waals surface area contributed by atoms with Gasteiger partial charge in [-0.15, -0.1) is 0 Å². The summed E-state index contributed by atoms with van der Waals surface area (Å²) in [4.78, 5) is 31.4. The lowest BCUT2D eigenvalue weighted by Gasteiger charge is -1.99. The third-order valence-corrected chi connectivity index (χ3v) is 1.23. The molecule has 0 aliphatic carbocycles. The van der Waals surface area contributed by atoms with Crippen molar-refractivity contribution in [2.45, 2.75) is 6.42 Å². The molecule has 0 aromatic heterocycles. The topological polar surface area (TPSA) is 92.7 Å². The molecule has 0 saturated heterocycles. The van der Waals surface area contributed by atoms with Gasteiger partial charge in [-0.2, -0.15) is 0 Å². The summed E-state index contributed by atoms with van der Waals surface area (Å²) < 4.78 is 4.33. The van der Waals surface area contributed by atoms with Crippen molar-refractivity contribution >= 4 is 17.8 Å². The second kappa shape index (κ2) is 6.64. The van der Waals surface area contributed by atoms with Crippen LogP contribution in [0.3, 0.4) is 0 Å². The Morgan fingerprint density at radius 2 is 2.00 bits per heavy atom. The number of nitrogens with one attached hydrogen (secondary N) is 1. The van der Waals surface area contributed by atoms with Crippen LogP contribution in [0.25, 0.3) is 0 Å². The van der Waals surface area contributed by atoms with E-state index in [-0.39, 0.29) is 13.0 Å². The predicted octanol–water partition coefficient (Wildman–Crippen LogP) is -0.694. The number of aliphatic carboxylic acids is 1. The lowest BCUT2D eigenvalue weighted by molar-refractivity contribution is -0.140. The van der Waals surface area contributed by atoms with Gasteiger partial charge in [0.05, 0.1) is 13.5 Å². The van der Waals surface area contributed by atoms with Crippen LogP contribution in [0.1, 0.15) is 6.42 Å². The third kappa shape index (κ3) is 6.84. The molecule has 0 aromatic carbocycles. The molecule has 0 atom stereocenters. The molecule has 0 spiro atoms. The number of methoxy groups -OCH3 is 1. The lowest BCUT2D eigenvalue weighted by Crippen LogP contribution is -2.24. The monoisotopic (exact) mass is 201 g/mol. The molecule has 0 bridgehead atoms. The van der Waals surface area contributed by atoms with Gasteiger partial charge < -0.3 is 15.2 Å². The second-order valence-corrected chi connectivity index (χ2v) is 2.29. The molecule has 6 heteroatoms. The summed E-state index contributed by atoms with van der Waals surface area (Å²) in [5.41, 5.74) is 0. The molecule has 0 aliphatic heterocycles. The highest BCUT2D eigenvalue weighted by molar-refractivity contribution is 5.93. The number of hydrogen-bond donors (Lipinski definition) is 2. The lowest BCUT2D eigenvalue weighted by atomic mass is 10.4. The quantitative estimate of drug-likeness (QED) is 0.453. The first-order valence-electron chi connectivity index (χ1n) is 3.82. The summed E-state index contributed by atoms with van der Waals surface area (Å²) >= 11 is 0. The van der Waals surface area contributed by atoms with Crippen molar-refractivity contribution in [1.82, 2.24) is 5.32 Å². The summed E-state index contributed by atoms with van der Waals surface area (Å²) in [7, 11) is 1.24. The Hall–Kier alpha value is -1.85. The Morgan fingerprint density at radius 3 is 2.50 bits per heavy atom. The van der Waals surface area contributed by atoms with Gasteiger partial charge in [-0.1, -0.05) is 0 Å². The molecule has 0 rings (SSSR count). The fourth-order valence-electron chi connectivity index (χ4n) is 0.596. The Bertz CT molecular complexity index is 258. The highest BCUT2D eigenvalue weighted by Crippen LogP contribution is 1.82. The van der Waals surface area contributed by atoms with E-state index >= 15 is 0 Å². The number of rotatable bonds is 5. The Labute approximate surface area is 80.5 Å². The molecule has 0 saturated carbocycles. The zero-order valence-corrected chi connectivity index (χ0v) is 7.65. The average molecular weight is 201 g/mol. The van der Waals surface area contributed by atoms with Gasteiger partial charge in [0, 0.05) is 18.7 Å². The Balaban J connectivity index is 3.65. The first-order chi connectivity index (χ1) is 6.56. The SMILES string of the molecule is COC(=O)CCNC(=O)/C=C/C(=O)O. The molecule has 0 unspecified atom stereocenters. The van der Waals surface area contributed by atoms with Crippen LogP contribution in [0, 0.1) is 0 Å². The maximum atomic E-state index is 10.8. The number of carbonyl (C=O) groups excluding carboxylic acids is 2. The first kappa shape index (κ1) is 12.2. The maximum absolute atomic E-state index is 10.8. The largest absolute Gasteiger partial charge is 0.478 e. The molecule has 0 aromatic rings. The zero-order chi connectivity index (χ0) is 11.0. The number of hydrogen-bond acceptors (Lipinski definition) is 4. The fraction of sp³-hybridized carbons (Fsp3) is 0.375. The molecule has 0 aliphatic rings. The average Bonchev–Trinajstić information content (AvgIpc) is 2.14. The van der Waals surface area contributed by atoms with Gasteiger partial charge in [-0.05, 0) is 0 Å². The van der Waals surface area contributed by atoms with Crippen LogP contribution in [-0.4, -0.2) is 36.6 Å². The van der Waals surface area contributed by atoms with E-state index in [0.717, 1.165) is 6.08 Å². The first-order valence-corrected chi connectivity index (χ1v) is 3.82. The van der Waals surface area contributed by atoms with Crippen LogP contribution in [0.5, 0.6) is 0 Å². The van der Waals surface area contributed by atoms with E-state index < -0.39 is 17.8 Å². The number of ether oxygens (including phenoxy) is 1. The van der Waals surface area contributed by atoms with Crippen molar-refractivity contribution in [2.75, 3.05) is 13.7 Å². The van der Waals surface area contributed by atoms with Crippen LogP contribution in [0.15, 0.2) is 12.2 Å². The molecule has 78 valence electrons. The van der Waals surface area contributed by atoms with E-state index in [1.807, 2.05) is 0 Å². The fourth-order valence-corrected chi connectivity index (χ4v) is 0.596. The molecule has 6 nitrogen and oxygen atoms in total. The van der Waals surface area contributed by atoms with E-state index in [1.165, 1.54) is 7.11 Å². The minimum Gasteiger partial charge on any atom is -0.478 e. The molecule has 0 heterocycles. The second-order valence-electron chi connectivity index (χ2n) is 2.29. The highest BCUT2D eigenvalue weighted by atomic mass is 16.5. The van der Waals surface area contributed by atoms with E-state index in [2.05, 4.69) is 10.1 Å². The zero-order valence-electron chi connectivity index (χ0n) is 7.65. The standard InChI is InChI=1S/C8H11NO5/c1-14-8(13)4-5-9-6(10)2-3-7(11)12/h2-3H,4-5H2,1H3,(H,9,10)(H,11,12)/b3-2+. The number of carboxylic acids is 1. The minimum absolute atomic E-state index is 0.0587. The molecular weight excluding hydrogens is 190 g/mol. The van der Waals surface area contributed by atoms with Gasteiger partial charge in [0.25, 0.3) is 0 Å². The van der Waals surface area contributed by atoms with Crippen molar-refractivity contribution in [1.29, 1.82) is 0 Å². The predicted molar refractivity (Wildman–Crippen MR) is 46.4 cm³/mol. The molecular formula is C8H11NO5. The van der Waals surface area contributed by atoms with E-state index in [1.54, 1.807) is 0 Å². The van der Waals surface area contributed by atoms with E-state index in [4.69, 9.17) is 5.11 Å². The van der Waals surface area contributed by atoms with Gasteiger partial charge in [0.1, 0.15) is 0 Å². The molecule has 0 fully saturated rings. The summed E-state index contributed by atoms with van der Waals surface area (Å²) in [6, 6.07) is 0. The van der Waals surface area contributed by atoms with Crippen LogP contribution in [0.2, 0.25) is 0 Å². The van der Waals surface area contributed by atoms with Gasteiger partial charge in [-0.25, -0.2) is 4.79 Å². The molecule has 0 radical (unpaired) electrons. The number of esters is 1. The third-order valence-electron chi connectivity index (χ3n) is 1.23. The van der Waals surface area contributed by atoms with Crippen molar-refractivity contribution in [3.05, 3.63) is 12.2 Å². The van der Waals surface area contributed by atoms with Crippen molar-refractivity contribution < 1.29 is 24.2 Å². The molecule has 2 N–H and O–H groups in total. The van der Waals surface area contributed by atoms with Gasteiger partial charge in [0.2, 0.25) is 5.91 Å². The summed E-state index contributed by atoms with van der Waals surface area (Å²) in [5, 5.41) is 10.5. The number of carboxylic acid groups (broad SMARTS) is 1. The highest BCUT2D eigenvalue weighted by Gasteiger charge is 2.00. The Kier molecular flexibility index (Phi) is 5.77. The molecule has 1 amide bonds. The van der Waals surface area contributed by atoms with Crippen LogP contribution in [0.4, 0.5) is 0 Å². The number of amides is 1. The van der Waals surface area contributed by atoms with Crippen molar-refractivity contribution in [3.63, 3.8) is 0 Å². The van der Waals surface area contributed by atoms with Crippen LogP contribution >= 0.6 is 0 Å². The van der Waals surface area contributed by atoms with Gasteiger partial charge >= 0.3 is 11.9 Å². The van der Waals surface area contributed by atoms with Crippen molar-refractivity contribution in [2.24, 2.45) is 0 Å². The normalized spacial score (nSPS) is 9.79. The minimum atomic E-state index is -1.20. The van der Waals surface area contributed by atoms with Gasteiger partial charge in [-0.3, -0.25) is 9.59 Å².